The van der Waals surface area contributed by atoms with Crippen molar-refractivity contribution < 1.29 is 18.0 Å². The van der Waals surface area contributed by atoms with Gasteiger partial charge in [-0.25, -0.2) is 15.0 Å². The predicted molar refractivity (Wildman–Crippen MR) is 94.1 cm³/mol. The van der Waals surface area contributed by atoms with Crippen LogP contribution in [0.15, 0.2) is 48.8 Å². The predicted octanol–water partition coefficient (Wildman–Crippen LogP) is 4.05. The third kappa shape index (κ3) is 4.14. The number of alkyl halides is 3. The number of benzene rings is 1. The zero-order valence-electron chi connectivity index (χ0n) is 13.5. The van der Waals surface area contributed by atoms with Crippen molar-refractivity contribution in [3.8, 4) is 11.3 Å². The molecule has 0 atom stereocenters. The van der Waals surface area contributed by atoms with E-state index in [1.165, 1.54) is 6.20 Å². The quantitative estimate of drug-likeness (QED) is 0.700. The molecule has 2 aromatic heterocycles. The van der Waals surface area contributed by atoms with Gasteiger partial charge in [-0.1, -0.05) is 29.8 Å². The smallest absolute Gasteiger partial charge is 0.368 e. The van der Waals surface area contributed by atoms with Crippen LogP contribution >= 0.6 is 11.6 Å². The van der Waals surface area contributed by atoms with Gasteiger partial charge in [0.05, 0.1) is 16.8 Å². The zero-order chi connectivity index (χ0) is 19.6. The SMILES string of the molecule is Nc1ncc(C(=O)Nc2cc(C(F)(F)F)ccn2)c(-c2ccccc2Cl)n1. The number of amides is 1. The van der Waals surface area contributed by atoms with Crippen molar-refractivity contribution in [3.63, 3.8) is 0 Å². The molecule has 0 aliphatic carbocycles. The van der Waals surface area contributed by atoms with Crippen LogP contribution in [0.2, 0.25) is 5.02 Å². The van der Waals surface area contributed by atoms with Crippen LogP contribution in [0.5, 0.6) is 0 Å². The molecule has 10 heteroatoms. The van der Waals surface area contributed by atoms with E-state index in [1.807, 2.05) is 0 Å². The van der Waals surface area contributed by atoms with E-state index in [2.05, 4.69) is 20.3 Å². The summed E-state index contributed by atoms with van der Waals surface area (Å²) in [6, 6.07) is 8.15. The molecular weight excluding hydrogens is 383 g/mol. The number of nitrogen functional groups attached to an aromatic ring is 1. The van der Waals surface area contributed by atoms with Crippen LogP contribution in [0.1, 0.15) is 15.9 Å². The molecule has 0 aliphatic heterocycles. The minimum atomic E-state index is -4.56. The average Bonchev–Trinajstić information content (AvgIpc) is 2.61. The second-order valence-electron chi connectivity index (χ2n) is 5.35. The van der Waals surface area contributed by atoms with E-state index in [0.717, 1.165) is 18.3 Å². The lowest BCUT2D eigenvalue weighted by molar-refractivity contribution is -0.137. The van der Waals surface area contributed by atoms with Crippen molar-refractivity contribution in [1.82, 2.24) is 15.0 Å². The monoisotopic (exact) mass is 393 g/mol. The van der Waals surface area contributed by atoms with E-state index in [4.69, 9.17) is 17.3 Å². The van der Waals surface area contributed by atoms with Crippen LogP contribution in [-0.2, 0) is 6.18 Å². The second kappa shape index (κ2) is 7.20. The molecule has 1 amide bonds. The van der Waals surface area contributed by atoms with Gasteiger partial charge in [0.15, 0.2) is 0 Å². The summed E-state index contributed by atoms with van der Waals surface area (Å²) in [7, 11) is 0. The molecule has 1 aromatic carbocycles. The minimum absolute atomic E-state index is 0.0171. The lowest BCUT2D eigenvalue weighted by Crippen LogP contribution is -2.17. The summed E-state index contributed by atoms with van der Waals surface area (Å²) in [5.74, 6) is -1.10. The Morgan fingerprint density at radius 2 is 1.89 bits per heavy atom. The Bertz CT molecular complexity index is 1010. The molecule has 0 saturated heterocycles. The molecule has 3 rings (SSSR count). The normalized spacial score (nSPS) is 11.3. The molecule has 138 valence electrons. The van der Waals surface area contributed by atoms with Gasteiger partial charge in [0.1, 0.15) is 5.82 Å². The maximum absolute atomic E-state index is 12.8. The molecule has 3 N–H and O–H groups in total. The number of rotatable bonds is 3. The molecule has 2 heterocycles. The molecule has 0 spiro atoms. The maximum atomic E-state index is 12.8. The number of carbonyl (C=O) groups excluding carboxylic acids is 1. The lowest BCUT2D eigenvalue weighted by Gasteiger charge is -2.12. The Morgan fingerprint density at radius 3 is 2.59 bits per heavy atom. The fourth-order valence-electron chi connectivity index (χ4n) is 2.28. The maximum Gasteiger partial charge on any atom is 0.416 e. The van der Waals surface area contributed by atoms with Crippen LogP contribution in [0.3, 0.4) is 0 Å². The molecule has 0 bridgehead atoms. The summed E-state index contributed by atoms with van der Waals surface area (Å²) < 4.78 is 38.4. The molecule has 27 heavy (non-hydrogen) atoms. The number of halogens is 4. The number of hydrogen-bond donors (Lipinski definition) is 2. The van der Waals surface area contributed by atoms with Crippen LogP contribution < -0.4 is 11.1 Å². The largest absolute Gasteiger partial charge is 0.416 e. The third-order valence-electron chi connectivity index (χ3n) is 3.51. The van der Waals surface area contributed by atoms with Gasteiger partial charge >= 0.3 is 6.18 Å². The Balaban J connectivity index is 1.98. The summed E-state index contributed by atoms with van der Waals surface area (Å²) in [6.07, 6.45) is -2.44. The number of carbonyl (C=O) groups is 1. The number of aromatic nitrogens is 3. The fraction of sp³-hybridized carbons (Fsp3) is 0.0588. The van der Waals surface area contributed by atoms with Crippen molar-refractivity contribution in [2.75, 3.05) is 11.1 Å². The minimum Gasteiger partial charge on any atom is -0.368 e. The molecule has 0 saturated carbocycles. The van der Waals surface area contributed by atoms with E-state index in [-0.39, 0.29) is 23.0 Å². The highest BCUT2D eigenvalue weighted by atomic mass is 35.5. The van der Waals surface area contributed by atoms with Gasteiger partial charge in [-0.15, -0.1) is 0 Å². The van der Waals surface area contributed by atoms with E-state index in [0.29, 0.717) is 10.6 Å². The third-order valence-corrected chi connectivity index (χ3v) is 3.84. The highest BCUT2D eigenvalue weighted by Gasteiger charge is 2.31. The number of hydrogen-bond acceptors (Lipinski definition) is 5. The van der Waals surface area contributed by atoms with E-state index >= 15 is 0 Å². The lowest BCUT2D eigenvalue weighted by atomic mass is 10.1. The second-order valence-corrected chi connectivity index (χ2v) is 5.76. The summed E-state index contributed by atoms with van der Waals surface area (Å²) >= 11 is 6.15. The van der Waals surface area contributed by atoms with Gasteiger partial charge in [-0.2, -0.15) is 13.2 Å². The van der Waals surface area contributed by atoms with Gasteiger partial charge in [0, 0.05) is 23.0 Å². The Hall–Kier alpha value is -3.20. The van der Waals surface area contributed by atoms with Crippen molar-refractivity contribution >= 4 is 29.3 Å². The summed E-state index contributed by atoms with van der Waals surface area (Å²) in [5.41, 5.74) is 5.22. The molecule has 6 nitrogen and oxygen atoms in total. The topological polar surface area (TPSA) is 93.8 Å². The van der Waals surface area contributed by atoms with E-state index < -0.39 is 17.6 Å². The first kappa shape index (κ1) is 18.6. The molecule has 0 unspecified atom stereocenters. The van der Waals surface area contributed by atoms with Crippen LogP contribution in [-0.4, -0.2) is 20.9 Å². The number of pyridine rings is 1. The Labute approximate surface area is 156 Å². The van der Waals surface area contributed by atoms with Crippen molar-refractivity contribution in [3.05, 3.63) is 64.9 Å². The van der Waals surface area contributed by atoms with Crippen molar-refractivity contribution in [2.45, 2.75) is 6.18 Å². The zero-order valence-corrected chi connectivity index (χ0v) is 14.2. The number of nitrogens with one attached hydrogen (secondary N) is 1. The van der Waals surface area contributed by atoms with Crippen LogP contribution in [0.4, 0.5) is 24.9 Å². The molecule has 3 aromatic rings. The van der Waals surface area contributed by atoms with Gasteiger partial charge in [0.25, 0.3) is 5.91 Å². The highest BCUT2D eigenvalue weighted by Crippen LogP contribution is 2.31. The van der Waals surface area contributed by atoms with Gasteiger partial charge in [-0.05, 0) is 18.2 Å². The van der Waals surface area contributed by atoms with Gasteiger partial charge < -0.3 is 11.1 Å². The first-order chi connectivity index (χ1) is 12.8. The Kier molecular flexibility index (Phi) is 4.95. The first-order valence-electron chi connectivity index (χ1n) is 7.47. The number of nitrogens with two attached hydrogens (primary N) is 1. The van der Waals surface area contributed by atoms with Gasteiger partial charge in [0.2, 0.25) is 5.95 Å². The Morgan fingerprint density at radius 1 is 1.15 bits per heavy atom. The number of nitrogens with zero attached hydrogens (tertiary/aromatic N) is 3. The average molecular weight is 394 g/mol. The molecule has 0 fully saturated rings. The highest BCUT2D eigenvalue weighted by molar-refractivity contribution is 6.33. The summed E-state index contributed by atoms with van der Waals surface area (Å²) in [5, 5.41) is 2.63. The van der Waals surface area contributed by atoms with Gasteiger partial charge in [-0.3, -0.25) is 4.79 Å². The fourth-order valence-corrected chi connectivity index (χ4v) is 2.50. The van der Waals surface area contributed by atoms with E-state index in [1.54, 1.807) is 24.3 Å². The molecule has 0 radical (unpaired) electrons. The first-order valence-corrected chi connectivity index (χ1v) is 7.85. The van der Waals surface area contributed by atoms with Crippen LogP contribution in [0.25, 0.3) is 11.3 Å². The molecule has 0 aliphatic rings. The molecular formula is C17H11ClF3N5O. The van der Waals surface area contributed by atoms with Crippen molar-refractivity contribution in [2.24, 2.45) is 0 Å². The summed E-state index contributed by atoms with van der Waals surface area (Å²) in [4.78, 5) is 24.1. The van der Waals surface area contributed by atoms with Crippen molar-refractivity contribution in [1.29, 1.82) is 0 Å². The van der Waals surface area contributed by atoms with Crippen LogP contribution in [0, 0.1) is 0 Å². The summed E-state index contributed by atoms with van der Waals surface area (Å²) in [6.45, 7) is 0. The number of anilines is 2. The van der Waals surface area contributed by atoms with E-state index in [9.17, 15) is 18.0 Å². The standard InChI is InChI=1S/C17H11ClF3N5O/c18-12-4-2-1-3-10(12)14-11(8-24-16(22)26-14)15(27)25-13-7-9(5-6-23-13)17(19,20)21/h1-8H,(H2,22,24,26)(H,23,25,27).